The molecule has 0 bridgehead atoms. The van der Waals surface area contributed by atoms with Crippen LogP contribution in [0.1, 0.15) is 31.2 Å². The van der Waals surface area contributed by atoms with Crippen molar-refractivity contribution >= 4 is 22.0 Å². The SMILES string of the molecule is NC1CCC(=Cc2cccc(Br)c2)CC1. The minimum absolute atomic E-state index is 0.421. The van der Waals surface area contributed by atoms with Crippen molar-refractivity contribution in [2.75, 3.05) is 0 Å². The molecule has 80 valence electrons. The molecule has 1 aliphatic carbocycles. The molecule has 0 spiro atoms. The fraction of sp³-hybridized carbons (Fsp3) is 0.385. The van der Waals surface area contributed by atoms with Gasteiger partial charge in [-0.15, -0.1) is 0 Å². The maximum Gasteiger partial charge on any atom is 0.0181 e. The molecule has 0 radical (unpaired) electrons. The quantitative estimate of drug-likeness (QED) is 0.823. The third kappa shape index (κ3) is 3.18. The highest BCUT2D eigenvalue weighted by Gasteiger charge is 2.12. The van der Waals surface area contributed by atoms with Gasteiger partial charge >= 0.3 is 0 Å². The lowest BCUT2D eigenvalue weighted by molar-refractivity contribution is 0.514. The Hall–Kier alpha value is -0.600. The molecule has 0 saturated heterocycles. The Morgan fingerprint density at radius 1 is 1.27 bits per heavy atom. The maximum absolute atomic E-state index is 5.88. The summed E-state index contributed by atoms with van der Waals surface area (Å²) in [5, 5.41) is 0. The Bertz CT molecular complexity index is 361. The average Bonchev–Trinajstić information content (AvgIpc) is 2.22. The number of benzene rings is 1. The lowest BCUT2D eigenvalue weighted by Gasteiger charge is -2.20. The second-order valence-electron chi connectivity index (χ2n) is 4.20. The molecule has 2 N–H and O–H groups in total. The van der Waals surface area contributed by atoms with Crippen molar-refractivity contribution in [3.63, 3.8) is 0 Å². The van der Waals surface area contributed by atoms with Crippen molar-refractivity contribution in [1.82, 2.24) is 0 Å². The minimum Gasteiger partial charge on any atom is -0.328 e. The van der Waals surface area contributed by atoms with Gasteiger partial charge in [-0.25, -0.2) is 0 Å². The van der Waals surface area contributed by atoms with Gasteiger partial charge in [0.15, 0.2) is 0 Å². The topological polar surface area (TPSA) is 26.0 Å². The molecule has 1 fully saturated rings. The third-order valence-corrected chi connectivity index (χ3v) is 3.39. The first-order valence-electron chi connectivity index (χ1n) is 5.44. The summed E-state index contributed by atoms with van der Waals surface area (Å²) in [4.78, 5) is 0. The fourth-order valence-electron chi connectivity index (χ4n) is 1.99. The molecule has 0 atom stereocenters. The summed E-state index contributed by atoms with van der Waals surface area (Å²) in [5.74, 6) is 0. The van der Waals surface area contributed by atoms with Crippen LogP contribution in [0.2, 0.25) is 0 Å². The van der Waals surface area contributed by atoms with Gasteiger partial charge in [0.05, 0.1) is 0 Å². The van der Waals surface area contributed by atoms with Crippen LogP contribution in [-0.2, 0) is 0 Å². The standard InChI is InChI=1S/C13H16BrN/c14-12-3-1-2-11(9-12)8-10-4-6-13(15)7-5-10/h1-3,8-9,13H,4-7,15H2. The third-order valence-electron chi connectivity index (χ3n) is 2.89. The van der Waals surface area contributed by atoms with E-state index in [1.807, 2.05) is 0 Å². The van der Waals surface area contributed by atoms with Crippen LogP contribution in [0, 0.1) is 0 Å². The van der Waals surface area contributed by atoms with Crippen LogP contribution >= 0.6 is 15.9 Å². The van der Waals surface area contributed by atoms with E-state index < -0.39 is 0 Å². The zero-order valence-corrected chi connectivity index (χ0v) is 10.3. The highest BCUT2D eigenvalue weighted by Crippen LogP contribution is 2.25. The first-order valence-corrected chi connectivity index (χ1v) is 6.24. The van der Waals surface area contributed by atoms with E-state index in [0.29, 0.717) is 6.04 Å². The van der Waals surface area contributed by atoms with Crippen LogP contribution < -0.4 is 5.73 Å². The second-order valence-corrected chi connectivity index (χ2v) is 5.11. The predicted molar refractivity (Wildman–Crippen MR) is 68.6 cm³/mol. The molecule has 0 aliphatic heterocycles. The van der Waals surface area contributed by atoms with E-state index in [-0.39, 0.29) is 0 Å². The van der Waals surface area contributed by atoms with E-state index in [1.54, 1.807) is 0 Å². The van der Waals surface area contributed by atoms with Crippen LogP contribution in [0.5, 0.6) is 0 Å². The molecule has 1 aliphatic rings. The molecule has 1 nitrogen and oxygen atoms in total. The highest BCUT2D eigenvalue weighted by molar-refractivity contribution is 9.10. The molecule has 2 heteroatoms. The Labute approximate surface area is 99.5 Å². The Balaban J connectivity index is 2.10. The Morgan fingerprint density at radius 3 is 2.67 bits per heavy atom. The average molecular weight is 266 g/mol. The lowest BCUT2D eigenvalue weighted by atomic mass is 9.90. The highest BCUT2D eigenvalue weighted by atomic mass is 79.9. The number of allylic oxidation sites excluding steroid dienone is 1. The summed E-state index contributed by atoms with van der Waals surface area (Å²) in [6.07, 6.45) is 6.90. The maximum atomic E-state index is 5.88. The number of hydrogen-bond acceptors (Lipinski definition) is 1. The van der Waals surface area contributed by atoms with E-state index in [1.165, 1.54) is 11.1 Å². The van der Waals surface area contributed by atoms with Gasteiger partial charge in [-0.1, -0.05) is 39.7 Å². The van der Waals surface area contributed by atoms with E-state index in [4.69, 9.17) is 5.73 Å². The van der Waals surface area contributed by atoms with Gasteiger partial charge in [-0.2, -0.15) is 0 Å². The summed E-state index contributed by atoms with van der Waals surface area (Å²) in [7, 11) is 0. The molecule has 0 amide bonds. The van der Waals surface area contributed by atoms with E-state index in [2.05, 4.69) is 46.3 Å². The molecule has 0 heterocycles. The number of hydrogen-bond donors (Lipinski definition) is 1. The van der Waals surface area contributed by atoms with E-state index in [9.17, 15) is 0 Å². The fourth-order valence-corrected chi connectivity index (χ4v) is 2.40. The molecule has 15 heavy (non-hydrogen) atoms. The van der Waals surface area contributed by atoms with Gasteiger partial charge in [-0.3, -0.25) is 0 Å². The normalized spacial score (nSPS) is 21.5. The smallest absolute Gasteiger partial charge is 0.0181 e. The second kappa shape index (κ2) is 4.95. The van der Waals surface area contributed by atoms with Crippen molar-refractivity contribution in [3.8, 4) is 0 Å². The molecule has 1 aromatic rings. The summed E-state index contributed by atoms with van der Waals surface area (Å²) in [6, 6.07) is 8.85. The van der Waals surface area contributed by atoms with Gasteiger partial charge in [-0.05, 0) is 43.4 Å². The molecule has 1 saturated carbocycles. The Kier molecular flexibility index (Phi) is 3.60. The van der Waals surface area contributed by atoms with Crippen molar-refractivity contribution in [2.45, 2.75) is 31.7 Å². The molecular weight excluding hydrogens is 250 g/mol. The van der Waals surface area contributed by atoms with E-state index >= 15 is 0 Å². The van der Waals surface area contributed by atoms with Gasteiger partial charge in [0.25, 0.3) is 0 Å². The summed E-state index contributed by atoms with van der Waals surface area (Å²) < 4.78 is 1.14. The number of halogens is 1. The zero-order valence-electron chi connectivity index (χ0n) is 8.75. The Morgan fingerprint density at radius 2 is 2.00 bits per heavy atom. The molecular formula is C13H16BrN. The van der Waals surface area contributed by atoms with Gasteiger partial charge < -0.3 is 5.73 Å². The molecule has 1 aromatic carbocycles. The van der Waals surface area contributed by atoms with Crippen LogP contribution in [0.3, 0.4) is 0 Å². The number of rotatable bonds is 1. The van der Waals surface area contributed by atoms with Crippen LogP contribution in [0.25, 0.3) is 6.08 Å². The summed E-state index contributed by atoms with van der Waals surface area (Å²) in [6.45, 7) is 0. The van der Waals surface area contributed by atoms with Crippen LogP contribution in [-0.4, -0.2) is 6.04 Å². The minimum atomic E-state index is 0.421. The monoisotopic (exact) mass is 265 g/mol. The van der Waals surface area contributed by atoms with Crippen LogP contribution in [0.15, 0.2) is 34.3 Å². The molecule has 0 aromatic heterocycles. The molecule has 0 unspecified atom stereocenters. The van der Waals surface area contributed by atoms with Crippen molar-refractivity contribution < 1.29 is 0 Å². The van der Waals surface area contributed by atoms with Crippen molar-refractivity contribution in [1.29, 1.82) is 0 Å². The largest absolute Gasteiger partial charge is 0.328 e. The zero-order chi connectivity index (χ0) is 10.7. The van der Waals surface area contributed by atoms with Crippen LogP contribution in [0.4, 0.5) is 0 Å². The summed E-state index contributed by atoms with van der Waals surface area (Å²) in [5.41, 5.74) is 8.70. The van der Waals surface area contributed by atoms with Crippen molar-refractivity contribution in [3.05, 3.63) is 39.9 Å². The first kappa shape index (κ1) is 10.9. The lowest BCUT2D eigenvalue weighted by Crippen LogP contribution is -2.23. The van der Waals surface area contributed by atoms with Crippen molar-refractivity contribution in [2.24, 2.45) is 5.73 Å². The van der Waals surface area contributed by atoms with Gasteiger partial charge in [0, 0.05) is 10.5 Å². The summed E-state index contributed by atoms with van der Waals surface area (Å²) >= 11 is 3.49. The first-order chi connectivity index (χ1) is 7.24. The number of nitrogens with two attached hydrogens (primary N) is 1. The van der Waals surface area contributed by atoms with E-state index in [0.717, 1.165) is 30.2 Å². The van der Waals surface area contributed by atoms with Gasteiger partial charge in [0.2, 0.25) is 0 Å². The van der Waals surface area contributed by atoms with Gasteiger partial charge in [0.1, 0.15) is 0 Å². The predicted octanol–water partition coefficient (Wildman–Crippen LogP) is 3.73. The molecule has 2 rings (SSSR count).